The molecule has 1 aromatic heterocycles. The number of benzene rings is 2. The van der Waals surface area contributed by atoms with Crippen molar-refractivity contribution in [3.05, 3.63) is 81.2 Å². The van der Waals surface area contributed by atoms with Crippen molar-refractivity contribution in [1.29, 1.82) is 0 Å². The van der Waals surface area contributed by atoms with Crippen molar-refractivity contribution >= 4 is 11.8 Å². The molecule has 0 bridgehead atoms. The van der Waals surface area contributed by atoms with Crippen molar-refractivity contribution in [2.24, 2.45) is 0 Å². The Bertz CT molecular complexity index is 1360. The normalized spacial score (nSPS) is 15.5. The number of aromatic hydroxyl groups is 3. The summed E-state index contributed by atoms with van der Waals surface area (Å²) in [6.45, 7) is 7.23. The zero-order valence-electron chi connectivity index (χ0n) is 21.5. The van der Waals surface area contributed by atoms with Gasteiger partial charge >= 0.3 is 5.97 Å². The van der Waals surface area contributed by atoms with E-state index < -0.39 is 29.5 Å². The summed E-state index contributed by atoms with van der Waals surface area (Å²) in [5.74, 6) is -2.31. The number of hydrogen-bond acceptors (Lipinski definition) is 8. The fourth-order valence-corrected chi connectivity index (χ4v) is 4.81. The van der Waals surface area contributed by atoms with Gasteiger partial charge in [0.2, 0.25) is 0 Å². The lowest BCUT2D eigenvalue weighted by atomic mass is 9.82. The minimum atomic E-state index is -0.906. The highest BCUT2D eigenvalue weighted by Gasteiger charge is 2.36. The van der Waals surface area contributed by atoms with E-state index in [1.807, 2.05) is 24.3 Å². The Morgan fingerprint density at radius 1 is 1.08 bits per heavy atom. The number of ether oxygens (including phenoxy) is 2. The van der Waals surface area contributed by atoms with E-state index in [1.165, 1.54) is 20.1 Å². The van der Waals surface area contributed by atoms with Crippen LogP contribution < -0.4 is 0 Å². The molecule has 0 radical (unpaired) electrons. The maximum Gasteiger partial charge on any atom is 0.306 e. The molecule has 37 heavy (non-hydrogen) atoms. The second kappa shape index (κ2) is 10.2. The Balaban J connectivity index is 1.96. The summed E-state index contributed by atoms with van der Waals surface area (Å²) in [5, 5.41) is 33.6. The average molecular weight is 506 g/mol. The minimum absolute atomic E-state index is 0.0210. The minimum Gasteiger partial charge on any atom is -0.507 e. The second-order valence-electron chi connectivity index (χ2n) is 9.66. The molecule has 0 saturated heterocycles. The number of rotatable bonds is 7. The number of aryl methyl sites for hydroxylation is 1. The molecule has 1 aliphatic heterocycles. The Kier molecular flexibility index (Phi) is 7.23. The zero-order chi connectivity index (χ0) is 27.0. The predicted octanol–water partition coefficient (Wildman–Crippen LogP) is 5.15. The molecule has 194 valence electrons. The number of esters is 1. The van der Waals surface area contributed by atoms with Crippen molar-refractivity contribution in [1.82, 2.24) is 4.98 Å². The number of fused-ring (bicyclic) bond motifs is 1. The van der Waals surface area contributed by atoms with Crippen LogP contribution in [0.1, 0.15) is 94.6 Å². The van der Waals surface area contributed by atoms with E-state index >= 15 is 0 Å². The van der Waals surface area contributed by atoms with Gasteiger partial charge in [-0.1, -0.05) is 38.1 Å². The lowest BCUT2D eigenvalue weighted by Crippen LogP contribution is -2.13. The molecular formula is C29H31NO7. The van der Waals surface area contributed by atoms with Crippen LogP contribution in [-0.2, 0) is 20.9 Å². The Hall–Kier alpha value is -3.91. The zero-order valence-corrected chi connectivity index (χ0v) is 21.5. The van der Waals surface area contributed by atoms with E-state index in [4.69, 9.17) is 9.47 Å². The molecular weight excluding hydrogens is 474 g/mol. The monoisotopic (exact) mass is 505 g/mol. The molecule has 0 aliphatic carbocycles. The molecule has 3 N–H and O–H groups in total. The molecule has 2 atom stereocenters. The molecule has 1 aliphatic rings. The van der Waals surface area contributed by atoms with Gasteiger partial charge in [0.15, 0.2) is 5.78 Å². The number of pyridine rings is 1. The average Bonchev–Trinajstić information content (AvgIpc) is 3.30. The molecule has 0 fully saturated rings. The van der Waals surface area contributed by atoms with E-state index in [-0.39, 0.29) is 47.1 Å². The van der Waals surface area contributed by atoms with Crippen molar-refractivity contribution in [3.8, 4) is 17.2 Å². The number of Topliss-reactive ketones (excluding diaryl/α,β-unsaturated/α-hetero) is 1. The Labute approximate surface area is 215 Å². The largest absolute Gasteiger partial charge is 0.507 e. The molecule has 0 spiro atoms. The molecule has 2 aromatic carbocycles. The van der Waals surface area contributed by atoms with Crippen LogP contribution >= 0.6 is 0 Å². The molecule has 0 saturated carbocycles. The number of phenolic OH excluding ortho intramolecular Hbond substituents is 2. The molecule has 4 rings (SSSR count). The summed E-state index contributed by atoms with van der Waals surface area (Å²) in [5.41, 5.74) is 3.43. The maximum atomic E-state index is 12.6. The number of aromatic nitrogens is 1. The van der Waals surface area contributed by atoms with Crippen LogP contribution in [0.2, 0.25) is 0 Å². The van der Waals surface area contributed by atoms with Crippen molar-refractivity contribution in [2.75, 3.05) is 7.11 Å². The SMILES string of the molecule is COC(=O)C[C@@H](c1ccc(C(C)C)cc1)c1c(O)c(C(C)=O)cc([C@@H]2OCc3cnc(C)c(O)c32)c1O. The molecule has 8 nitrogen and oxygen atoms in total. The molecule has 3 aromatic rings. The number of ketones is 1. The number of phenols is 2. The smallest absolute Gasteiger partial charge is 0.306 e. The summed E-state index contributed by atoms with van der Waals surface area (Å²) in [4.78, 5) is 29.2. The topological polar surface area (TPSA) is 126 Å². The number of carbonyl (C=O) groups is 2. The van der Waals surface area contributed by atoms with Gasteiger partial charge in [-0.25, -0.2) is 0 Å². The lowest BCUT2D eigenvalue weighted by Gasteiger charge is -2.25. The quantitative estimate of drug-likeness (QED) is 0.297. The predicted molar refractivity (Wildman–Crippen MR) is 136 cm³/mol. The van der Waals surface area contributed by atoms with E-state index in [9.17, 15) is 24.9 Å². The van der Waals surface area contributed by atoms with Gasteiger partial charge in [-0.2, -0.15) is 0 Å². The first kappa shape index (κ1) is 26.2. The third-order valence-electron chi connectivity index (χ3n) is 6.98. The van der Waals surface area contributed by atoms with Crippen LogP contribution in [0.25, 0.3) is 0 Å². The highest BCUT2D eigenvalue weighted by atomic mass is 16.5. The third-order valence-corrected chi connectivity index (χ3v) is 6.98. The lowest BCUT2D eigenvalue weighted by molar-refractivity contribution is -0.140. The highest BCUT2D eigenvalue weighted by molar-refractivity contribution is 5.98. The standard InChI is InChI=1S/C29H31NO7/c1-14(2)17-6-8-18(9-7-17)21(11-23(32)36-5)25-27(34)20(16(4)31)10-22(28(25)35)29-24-19(13-37-29)12-30-15(3)26(24)33/h6-10,12,14,21,29,33-35H,11,13H2,1-5H3/t21-,29-/m0/s1. The molecule has 8 heteroatoms. The maximum absolute atomic E-state index is 12.6. The summed E-state index contributed by atoms with van der Waals surface area (Å²) in [6.07, 6.45) is 0.511. The van der Waals surface area contributed by atoms with Gasteiger partial charge in [0, 0.05) is 34.4 Å². The van der Waals surface area contributed by atoms with Crippen LogP contribution in [0, 0.1) is 6.92 Å². The first-order valence-electron chi connectivity index (χ1n) is 12.1. The number of hydrogen-bond donors (Lipinski definition) is 3. The molecule has 0 unspecified atom stereocenters. The third kappa shape index (κ3) is 4.76. The van der Waals surface area contributed by atoms with Gasteiger partial charge in [-0.3, -0.25) is 14.6 Å². The summed E-state index contributed by atoms with van der Waals surface area (Å²) in [7, 11) is 1.26. The first-order valence-corrected chi connectivity index (χ1v) is 12.1. The molecule has 0 amide bonds. The Morgan fingerprint density at radius 3 is 2.32 bits per heavy atom. The van der Waals surface area contributed by atoms with E-state index in [0.717, 1.165) is 5.56 Å². The van der Waals surface area contributed by atoms with Crippen LogP contribution in [0.4, 0.5) is 0 Å². The van der Waals surface area contributed by atoms with Gasteiger partial charge in [0.05, 0.1) is 31.4 Å². The first-order chi connectivity index (χ1) is 17.5. The van der Waals surface area contributed by atoms with Crippen LogP contribution in [0.5, 0.6) is 17.2 Å². The molecule has 2 heterocycles. The van der Waals surface area contributed by atoms with Crippen LogP contribution in [0.15, 0.2) is 36.5 Å². The van der Waals surface area contributed by atoms with Crippen molar-refractivity contribution in [2.45, 2.75) is 58.7 Å². The van der Waals surface area contributed by atoms with E-state index in [0.29, 0.717) is 22.4 Å². The van der Waals surface area contributed by atoms with Crippen molar-refractivity contribution in [3.63, 3.8) is 0 Å². The summed E-state index contributed by atoms with van der Waals surface area (Å²) >= 11 is 0. The number of carbonyl (C=O) groups excluding carboxylic acids is 2. The second-order valence-corrected chi connectivity index (χ2v) is 9.66. The summed E-state index contributed by atoms with van der Waals surface area (Å²) < 4.78 is 10.9. The van der Waals surface area contributed by atoms with Gasteiger partial charge in [-0.15, -0.1) is 0 Å². The number of nitrogens with zero attached hydrogens (tertiary/aromatic N) is 1. The number of methoxy groups -OCH3 is 1. The fourth-order valence-electron chi connectivity index (χ4n) is 4.81. The van der Waals surface area contributed by atoms with Crippen LogP contribution in [-0.4, -0.2) is 39.2 Å². The fraction of sp³-hybridized carbons (Fsp3) is 0.345. The van der Waals surface area contributed by atoms with Gasteiger partial charge in [0.25, 0.3) is 0 Å². The van der Waals surface area contributed by atoms with Gasteiger partial charge in [0.1, 0.15) is 23.4 Å². The van der Waals surface area contributed by atoms with E-state index in [1.54, 1.807) is 13.1 Å². The highest BCUT2D eigenvalue weighted by Crippen LogP contribution is 2.50. The van der Waals surface area contributed by atoms with Gasteiger partial charge < -0.3 is 24.8 Å². The van der Waals surface area contributed by atoms with Crippen molar-refractivity contribution < 1.29 is 34.4 Å². The summed E-state index contributed by atoms with van der Waals surface area (Å²) in [6, 6.07) is 8.91. The van der Waals surface area contributed by atoms with Gasteiger partial charge in [-0.05, 0) is 37.0 Å². The van der Waals surface area contributed by atoms with Crippen LogP contribution in [0.3, 0.4) is 0 Å². The van der Waals surface area contributed by atoms with E-state index in [2.05, 4.69) is 18.8 Å². The Morgan fingerprint density at radius 2 is 1.73 bits per heavy atom.